The van der Waals surface area contributed by atoms with Crippen molar-refractivity contribution in [2.24, 2.45) is 5.73 Å². The molecule has 0 aliphatic carbocycles. The maximum absolute atomic E-state index is 12.9. The lowest BCUT2D eigenvalue weighted by Gasteiger charge is -2.27. The molecule has 0 aromatic heterocycles. The molecule has 0 radical (unpaired) electrons. The molecule has 1 amide bonds. The molecule has 1 unspecified atom stereocenters. The molecular formula is C20H24N2O. The van der Waals surface area contributed by atoms with E-state index in [2.05, 4.69) is 32.0 Å². The Morgan fingerprint density at radius 1 is 1.17 bits per heavy atom. The normalized spacial score (nSPS) is 17.5. The summed E-state index contributed by atoms with van der Waals surface area (Å²) in [6.07, 6.45) is 2.10. The third-order valence-corrected chi connectivity index (χ3v) is 4.74. The van der Waals surface area contributed by atoms with Gasteiger partial charge in [-0.25, -0.2) is 0 Å². The van der Waals surface area contributed by atoms with Gasteiger partial charge in [0.05, 0.1) is 6.04 Å². The van der Waals surface area contributed by atoms with Crippen LogP contribution in [0.25, 0.3) is 0 Å². The average molecular weight is 308 g/mol. The zero-order chi connectivity index (χ0) is 16.4. The highest BCUT2D eigenvalue weighted by molar-refractivity contribution is 5.94. The minimum absolute atomic E-state index is 0.122. The monoisotopic (exact) mass is 308 g/mol. The fourth-order valence-electron chi connectivity index (χ4n) is 3.40. The number of carbonyl (C=O) groups is 1. The lowest BCUT2D eigenvalue weighted by atomic mass is 9.97. The summed E-state index contributed by atoms with van der Waals surface area (Å²) >= 11 is 0. The number of aryl methyl sites for hydroxylation is 2. The maximum atomic E-state index is 12.9. The van der Waals surface area contributed by atoms with E-state index in [-0.39, 0.29) is 11.9 Å². The predicted molar refractivity (Wildman–Crippen MR) is 93.3 cm³/mol. The van der Waals surface area contributed by atoms with Crippen LogP contribution in [0.4, 0.5) is 0 Å². The summed E-state index contributed by atoms with van der Waals surface area (Å²) in [6, 6.07) is 14.4. The van der Waals surface area contributed by atoms with Crippen LogP contribution < -0.4 is 5.73 Å². The summed E-state index contributed by atoms with van der Waals surface area (Å²) in [4.78, 5) is 14.9. The van der Waals surface area contributed by atoms with E-state index in [0.717, 1.165) is 30.5 Å². The standard InChI is InChI=1S/C20H24N2O/c1-14-5-6-15(2)18(12-14)19-4-3-11-22(19)20(23)17-9-7-16(13-21)8-10-17/h5-10,12,19H,3-4,11,13,21H2,1-2H3. The molecule has 3 rings (SSSR count). The highest BCUT2D eigenvalue weighted by Crippen LogP contribution is 2.35. The Balaban J connectivity index is 1.88. The molecule has 1 heterocycles. The van der Waals surface area contributed by atoms with Crippen LogP contribution in [0, 0.1) is 13.8 Å². The van der Waals surface area contributed by atoms with Gasteiger partial charge in [-0.1, -0.05) is 35.9 Å². The maximum Gasteiger partial charge on any atom is 0.254 e. The summed E-state index contributed by atoms with van der Waals surface area (Å²) in [6.45, 7) is 5.57. The molecule has 0 bridgehead atoms. The Labute approximate surface area is 138 Å². The van der Waals surface area contributed by atoms with Crippen molar-refractivity contribution >= 4 is 5.91 Å². The van der Waals surface area contributed by atoms with Gasteiger partial charge in [0.15, 0.2) is 0 Å². The molecule has 2 aromatic rings. The van der Waals surface area contributed by atoms with Crippen LogP contribution in [0.15, 0.2) is 42.5 Å². The van der Waals surface area contributed by atoms with Crippen molar-refractivity contribution in [1.82, 2.24) is 4.90 Å². The van der Waals surface area contributed by atoms with Gasteiger partial charge >= 0.3 is 0 Å². The quantitative estimate of drug-likeness (QED) is 0.939. The van der Waals surface area contributed by atoms with Crippen LogP contribution in [0.1, 0.15) is 51.5 Å². The van der Waals surface area contributed by atoms with Crippen molar-refractivity contribution < 1.29 is 4.79 Å². The number of amides is 1. The van der Waals surface area contributed by atoms with Crippen molar-refractivity contribution in [3.8, 4) is 0 Å². The van der Waals surface area contributed by atoms with E-state index in [1.165, 1.54) is 16.7 Å². The average Bonchev–Trinajstić information content (AvgIpc) is 3.06. The van der Waals surface area contributed by atoms with Crippen LogP contribution in [0.5, 0.6) is 0 Å². The second-order valence-corrected chi connectivity index (χ2v) is 6.42. The fraction of sp³-hybridized carbons (Fsp3) is 0.350. The molecule has 1 fully saturated rings. The molecule has 1 aliphatic heterocycles. The first-order valence-electron chi connectivity index (χ1n) is 8.27. The number of carbonyl (C=O) groups excluding carboxylic acids is 1. The number of benzene rings is 2. The molecular weight excluding hydrogens is 284 g/mol. The molecule has 2 aromatic carbocycles. The Morgan fingerprint density at radius 3 is 2.61 bits per heavy atom. The second-order valence-electron chi connectivity index (χ2n) is 6.42. The van der Waals surface area contributed by atoms with Gasteiger partial charge in [-0.3, -0.25) is 4.79 Å². The molecule has 0 spiro atoms. The minimum Gasteiger partial charge on any atom is -0.332 e. The zero-order valence-electron chi connectivity index (χ0n) is 13.9. The van der Waals surface area contributed by atoms with Gasteiger partial charge in [0, 0.05) is 18.7 Å². The third kappa shape index (κ3) is 3.15. The van der Waals surface area contributed by atoms with E-state index in [1.54, 1.807) is 0 Å². The van der Waals surface area contributed by atoms with Crippen molar-refractivity contribution in [2.75, 3.05) is 6.54 Å². The number of hydrogen-bond acceptors (Lipinski definition) is 2. The van der Waals surface area contributed by atoms with Crippen molar-refractivity contribution in [2.45, 2.75) is 39.3 Å². The Bertz CT molecular complexity index is 706. The fourth-order valence-corrected chi connectivity index (χ4v) is 3.40. The van der Waals surface area contributed by atoms with E-state index in [0.29, 0.717) is 6.54 Å². The Morgan fingerprint density at radius 2 is 1.91 bits per heavy atom. The number of nitrogens with two attached hydrogens (primary N) is 1. The van der Waals surface area contributed by atoms with Gasteiger partial charge < -0.3 is 10.6 Å². The van der Waals surface area contributed by atoms with Crippen LogP contribution >= 0.6 is 0 Å². The lowest BCUT2D eigenvalue weighted by molar-refractivity contribution is 0.0735. The smallest absolute Gasteiger partial charge is 0.254 e. The molecule has 1 aliphatic rings. The van der Waals surface area contributed by atoms with E-state index in [9.17, 15) is 4.79 Å². The summed E-state index contributed by atoms with van der Waals surface area (Å²) in [5, 5.41) is 0. The number of hydrogen-bond donors (Lipinski definition) is 1. The summed E-state index contributed by atoms with van der Waals surface area (Å²) < 4.78 is 0. The zero-order valence-corrected chi connectivity index (χ0v) is 13.9. The molecule has 0 saturated carbocycles. The van der Waals surface area contributed by atoms with Crippen molar-refractivity contribution in [1.29, 1.82) is 0 Å². The van der Waals surface area contributed by atoms with Crippen molar-refractivity contribution in [3.63, 3.8) is 0 Å². The lowest BCUT2D eigenvalue weighted by Crippen LogP contribution is -2.31. The third-order valence-electron chi connectivity index (χ3n) is 4.74. The van der Waals surface area contributed by atoms with E-state index < -0.39 is 0 Å². The van der Waals surface area contributed by atoms with Gasteiger partial charge in [-0.15, -0.1) is 0 Å². The molecule has 120 valence electrons. The van der Waals surface area contributed by atoms with E-state index in [4.69, 9.17) is 5.73 Å². The molecule has 3 heteroatoms. The van der Waals surface area contributed by atoms with Gasteiger partial charge in [0.25, 0.3) is 5.91 Å². The van der Waals surface area contributed by atoms with Gasteiger partial charge in [-0.2, -0.15) is 0 Å². The minimum atomic E-state index is 0.122. The largest absolute Gasteiger partial charge is 0.332 e. The first-order chi connectivity index (χ1) is 11.1. The van der Waals surface area contributed by atoms with Crippen molar-refractivity contribution in [3.05, 3.63) is 70.3 Å². The van der Waals surface area contributed by atoms with Crippen LogP contribution in [-0.4, -0.2) is 17.4 Å². The number of nitrogens with zero attached hydrogens (tertiary/aromatic N) is 1. The van der Waals surface area contributed by atoms with Crippen LogP contribution in [-0.2, 0) is 6.54 Å². The van der Waals surface area contributed by atoms with Gasteiger partial charge in [0.2, 0.25) is 0 Å². The SMILES string of the molecule is Cc1ccc(C)c(C2CCCN2C(=O)c2ccc(CN)cc2)c1. The molecule has 1 atom stereocenters. The van der Waals surface area contributed by atoms with Gasteiger partial charge in [-0.05, 0) is 55.5 Å². The number of likely N-dealkylation sites (tertiary alicyclic amines) is 1. The summed E-state index contributed by atoms with van der Waals surface area (Å²) in [5.41, 5.74) is 11.2. The summed E-state index contributed by atoms with van der Waals surface area (Å²) in [5.74, 6) is 0.122. The van der Waals surface area contributed by atoms with E-state index >= 15 is 0 Å². The molecule has 1 saturated heterocycles. The first-order valence-corrected chi connectivity index (χ1v) is 8.27. The van der Waals surface area contributed by atoms with Crippen LogP contribution in [0.2, 0.25) is 0 Å². The summed E-state index contributed by atoms with van der Waals surface area (Å²) in [7, 11) is 0. The highest BCUT2D eigenvalue weighted by Gasteiger charge is 2.31. The van der Waals surface area contributed by atoms with E-state index in [1.807, 2.05) is 29.2 Å². The Kier molecular flexibility index (Phi) is 4.49. The highest BCUT2D eigenvalue weighted by atomic mass is 16.2. The Hall–Kier alpha value is -2.13. The van der Waals surface area contributed by atoms with Gasteiger partial charge in [0.1, 0.15) is 0 Å². The topological polar surface area (TPSA) is 46.3 Å². The molecule has 2 N–H and O–H groups in total. The number of rotatable bonds is 3. The predicted octanol–water partition coefficient (Wildman–Crippen LogP) is 3.74. The molecule has 23 heavy (non-hydrogen) atoms. The first kappa shape index (κ1) is 15.8. The van der Waals surface area contributed by atoms with Crippen LogP contribution in [0.3, 0.4) is 0 Å². The molecule has 3 nitrogen and oxygen atoms in total. The second kappa shape index (κ2) is 6.55.